The third-order valence-corrected chi connectivity index (χ3v) is 3.40. The quantitative estimate of drug-likeness (QED) is 0.842. The molecule has 0 aromatic heterocycles. The summed E-state index contributed by atoms with van der Waals surface area (Å²) in [5.74, 6) is 0.820. The van der Waals surface area contributed by atoms with E-state index in [9.17, 15) is 4.79 Å². The lowest BCUT2D eigenvalue weighted by Crippen LogP contribution is -2.44. The maximum Gasteiger partial charge on any atom is 0.409 e. The molecule has 1 saturated heterocycles. The molecular formula is C13H16BrNO3. The Morgan fingerprint density at radius 3 is 3.06 bits per heavy atom. The van der Waals surface area contributed by atoms with Crippen LogP contribution in [0.2, 0.25) is 0 Å². The van der Waals surface area contributed by atoms with Crippen molar-refractivity contribution >= 4 is 22.0 Å². The SMILES string of the molecule is COC(=O)N1CCCC(Oc2cccc(Br)c2)C1. The zero-order chi connectivity index (χ0) is 13.0. The molecule has 0 bridgehead atoms. The lowest BCUT2D eigenvalue weighted by atomic mass is 10.1. The Morgan fingerprint density at radius 1 is 1.50 bits per heavy atom. The van der Waals surface area contributed by atoms with Crippen LogP contribution in [-0.2, 0) is 4.74 Å². The summed E-state index contributed by atoms with van der Waals surface area (Å²) in [7, 11) is 1.40. The first-order valence-electron chi connectivity index (χ1n) is 5.94. The summed E-state index contributed by atoms with van der Waals surface area (Å²) >= 11 is 3.41. The number of carbonyl (C=O) groups excluding carboxylic acids is 1. The Hall–Kier alpha value is -1.23. The minimum absolute atomic E-state index is 0.0344. The molecule has 0 radical (unpaired) electrons. The Morgan fingerprint density at radius 2 is 2.33 bits per heavy atom. The molecule has 0 aliphatic carbocycles. The number of amides is 1. The van der Waals surface area contributed by atoms with E-state index in [4.69, 9.17) is 9.47 Å². The van der Waals surface area contributed by atoms with Gasteiger partial charge in [-0.1, -0.05) is 22.0 Å². The lowest BCUT2D eigenvalue weighted by molar-refractivity contribution is 0.0694. The van der Waals surface area contributed by atoms with Crippen LogP contribution in [0, 0.1) is 0 Å². The summed E-state index contributed by atoms with van der Waals surface area (Å²) in [5, 5.41) is 0. The van der Waals surface area contributed by atoms with Gasteiger partial charge in [-0.3, -0.25) is 0 Å². The van der Waals surface area contributed by atoms with E-state index in [1.807, 2.05) is 24.3 Å². The van der Waals surface area contributed by atoms with Crippen molar-refractivity contribution in [3.05, 3.63) is 28.7 Å². The van der Waals surface area contributed by atoms with Crippen LogP contribution in [0.25, 0.3) is 0 Å². The summed E-state index contributed by atoms with van der Waals surface area (Å²) in [6.07, 6.45) is 1.65. The first kappa shape index (κ1) is 13.2. The predicted molar refractivity (Wildman–Crippen MR) is 71.8 cm³/mol. The maximum absolute atomic E-state index is 11.5. The molecule has 2 rings (SSSR count). The van der Waals surface area contributed by atoms with Crippen molar-refractivity contribution in [2.45, 2.75) is 18.9 Å². The molecule has 1 fully saturated rings. The number of rotatable bonds is 2. The Labute approximate surface area is 115 Å². The largest absolute Gasteiger partial charge is 0.489 e. The minimum atomic E-state index is -0.280. The van der Waals surface area contributed by atoms with Crippen LogP contribution in [-0.4, -0.2) is 37.3 Å². The minimum Gasteiger partial charge on any atom is -0.489 e. The highest BCUT2D eigenvalue weighted by atomic mass is 79.9. The number of methoxy groups -OCH3 is 1. The van der Waals surface area contributed by atoms with E-state index in [1.165, 1.54) is 7.11 Å². The topological polar surface area (TPSA) is 38.8 Å². The zero-order valence-corrected chi connectivity index (χ0v) is 11.9. The average Bonchev–Trinajstić information content (AvgIpc) is 2.38. The first-order chi connectivity index (χ1) is 8.69. The summed E-state index contributed by atoms with van der Waals surface area (Å²) in [6, 6.07) is 7.73. The van der Waals surface area contributed by atoms with Crippen LogP contribution in [0.3, 0.4) is 0 Å². The number of hydrogen-bond acceptors (Lipinski definition) is 3. The lowest BCUT2D eigenvalue weighted by Gasteiger charge is -2.31. The zero-order valence-electron chi connectivity index (χ0n) is 10.3. The second-order valence-electron chi connectivity index (χ2n) is 4.26. The van der Waals surface area contributed by atoms with Crippen molar-refractivity contribution in [2.75, 3.05) is 20.2 Å². The van der Waals surface area contributed by atoms with Crippen LogP contribution >= 0.6 is 15.9 Å². The monoisotopic (exact) mass is 313 g/mol. The molecule has 0 spiro atoms. The van der Waals surface area contributed by atoms with E-state index in [-0.39, 0.29) is 12.2 Å². The molecule has 0 saturated carbocycles. The van der Waals surface area contributed by atoms with Crippen LogP contribution in [0.1, 0.15) is 12.8 Å². The van der Waals surface area contributed by atoms with Gasteiger partial charge in [0.2, 0.25) is 0 Å². The fraction of sp³-hybridized carbons (Fsp3) is 0.462. The fourth-order valence-electron chi connectivity index (χ4n) is 2.06. The summed E-state index contributed by atoms with van der Waals surface area (Å²) in [6.45, 7) is 1.32. The standard InChI is InChI=1S/C13H16BrNO3/c1-17-13(16)15-7-3-6-12(9-15)18-11-5-2-4-10(14)8-11/h2,4-5,8,12H,3,6-7,9H2,1H3. The van der Waals surface area contributed by atoms with Gasteiger partial charge < -0.3 is 14.4 Å². The molecule has 98 valence electrons. The third-order valence-electron chi connectivity index (χ3n) is 2.91. The van der Waals surface area contributed by atoms with E-state index in [0.29, 0.717) is 6.54 Å². The number of piperidine rings is 1. The van der Waals surface area contributed by atoms with E-state index in [0.717, 1.165) is 29.6 Å². The molecule has 1 unspecified atom stereocenters. The molecular weight excluding hydrogens is 298 g/mol. The van der Waals surface area contributed by atoms with Crippen molar-refractivity contribution in [3.8, 4) is 5.75 Å². The van der Waals surface area contributed by atoms with E-state index in [2.05, 4.69) is 15.9 Å². The molecule has 1 amide bonds. The third kappa shape index (κ3) is 3.38. The second-order valence-corrected chi connectivity index (χ2v) is 5.17. The van der Waals surface area contributed by atoms with Crippen molar-refractivity contribution in [1.82, 2.24) is 4.90 Å². The molecule has 1 aromatic rings. The number of halogens is 1. The predicted octanol–water partition coefficient (Wildman–Crippen LogP) is 3.06. The molecule has 1 aromatic carbocycles. The van der Waals surface area contributed by atoms with Crippen LogP contribution in [0.5, 0.6) is 5.75 Å². The second kappa shape index (κ2) is 6.09. The van der Waals surface area contributed by atoms with Crippen LogP contribution in [0.4, 0.5) is 4.79 Å². The van der Waals surface area contributed by atoms with Crippen molar-refractivity contribution in [1.29, 1.82) is 0 Å². The molecule has 1 aliphatic heterocycles. The summed E-state index contributed by atoms with van der Waals surface area (Å²) in [5.41, 5.74) is 0. The highest BCUT2D eigenvalue weighted by molar-refractivity contribution is 9.10. The first-order valence-corrected chi connectivity index (χ1v) is 6.73. The van der Waals surface area contributed by atoms with Gasteiger partial charge in [0, 0.05) is 11.0 Å². The molecule has 18 heavy (non-hydrogen) atoms. The molecule has 4 nitrogen and oxygen atoms in total. The highest BCUT2D eigenvalue weighted by Crippen LogP contribution is 2.22. The Bertz CT molecular complexity index is 424. The fourth-order valence-corrected chi connectivity index (χ4v) is 2.44. The molecule has 1 heterocycles. The summed E-state index contributed by atoms with van der Waals surface area (Å²) in [4.78, 5) is 13.1. The molecule has 1 aliphatic rings. The Balaban J connectivity index is 1.95. The van der Waals surface area contributed by atoms with E-state index in [1.54, 1.807) is 4.90 Å². The number of ether oxygens (including phenoxy) is 2. The molecule has 5 heteroatoms. The van der Waals surface area contributed by atoms with Gasteiger partial charge in [0.15, 0.2) is 0 Å². The Kier molecular flexibility index (Phi) is 4.47. The van der Waals surface area contributed by atoms with Crippen LogP contribution in [0.15, 0.2) is 28.7 Å². The van der Waals surface area contributed by atoms with Gasteiger partial charge in [-0.25, -0.2) is 4.79 Å². The number of benzene rings is 1. The number of carbonyl (C=O) groups is 1. The molecule has 0 N–H and O–H groups in total. The van der Waals surface area contributed by atoms with Gasteiger partial charge in [-0.15, -0.1) is 0 Å². The highest BCUT2D eigenvalue weighted by Gasteiger charge is 2.25. The summed E-state index contributed by atoms with van der Waals surface area (Å²) < 4.78 is 11.6. The number of hydrogen-bond donors (Lipinski definition) is 0. The van der Waals surface area contributed by atoms with Gasteiger partial charge in [0.1, 0.15) is 11.9 Å². The van der Waals surface area contributed by atoms with Gasteiger partial charge in [-0.2, -0.15) is 0 Å². The van der Waals surface area contributed by atoms with Crippen molar-refractivity contribution in [3.63, 3.8) is 0 Å². The van der Waals surface area contributed by atoms with Crippen molar-refractivity contribution < 1.29 is 14.3 Å². The number of nitrogens with zero attached hydrogens (tertiary/aromatic N) is 1. The molecule has 1 atom stereocenters. The normalized spacial score (nSPS) is 19.4. The van der Waals surface area contributed by atoms with E-state index >= 15 is 0 Å². The maximum atomic E-state index is 11.5. The van der Waals surface area contributed by atoms with Gasteiger partial charge >= 0.3 is 6.09 Å². The smallest absolute Gasteiger partial charge is 0.409 e. The van der Waals surface area contributed by atoms with Gasteiger partial charge in [0.05, 0.1) is 13.7 Å². The number of likely N-dealkylation sites (tertiary alicyclic amines) is 1. The van der Waals surface area contributed by atoms with Gasteiger partial charge in [0.25, 0.3) is 0 Å². The average molecular weight is 314 g/mol. The van der Waals surface area contributed by atoms with Gasteiger partial charge in [-0.05, 0) is 31.0 Å². The van der Waals surface area contributed by atoms with Crippen LogP contribution < -0.4 is 4.74 Å². The van der Waals surface area contributed by atoms with Crippen molar-refractivity contribution in [2.24, 2.45) is 0 Å². The van der Waals surface area contributed by atoms with E-state index < -0.39 is 0 Å².